The lowest BCUT2D eigenvalue weighted by Crippen LogP contribution is -1.98. The maximum Gasteiger partial charge on any atom is 0.124 e. The van der Waals surface area contributed by atoms with Crippen LogP contribution in [-0.4, -0.2) is 4.98 Å². The highest BCUT2D eigenvalue weighted by molar-refractivity contribution is 5.95. The molecule has 3 nitrogen and oxygen atoms in total. The Labute approximate surface area is 128 Å². The van der Waals surface area contributed by atoms with Crippen LogP contribution in [0.5, 0.6) is 0 Å². The van der Waals surface area contributed by atoms with Crippen LogP contribution in [0.15, 0.2) is 42.6 Å². The maximum absolute atomic E-state index is 13.6. The van der Waals surface area contributed by atoms with E-state index in [1.807, 2.05) is 32.0 Å². The Bertz CT molecular complexity index is 910. The van der Waals surface area contributed by atoms with Gasteiger partial charge in [0.15, 0.2) is 0 Å². The highest BCUT2D eigenvalue weighted by Gasteiger charge is 2.10. The predicted molar refractivity (Wildman–Crippen MR) is 85.6 cm³/mol. The van der Waals surface area contributed by atoms with Crippen LogP contribution in [0.2, 0.25) is 0 Å². The molecule has 108 valence electrons. The minimum absolute atomic E-state index is 0.354. The summed E-state index contributed by atoms with van der Waals surface area (Å²) in [6.45, 7) is 4.06. The van der Waals surface area contributed by atoms with Crippen molar-refractivity contribution in [1.82, 2.24) is 4.98 Å². The number of nitriles is 1. The first-order valence-corrected chi connectivity index (χ1v) is 6.91. The Kier molecular flexibility index (Phi) is 3.48. The molecule has 0 saturated heterocycles. The standard InChI is InChI=1S/C18H14FN3/c1-11-3-5-15(7-12(11)2)22-18-13(9-20)10-21-17-6-4-14(19)8-16(17)18/h3-8,10H,1-2H3,(H,21,22). The summed E-state index contributed by atoms with van der Waals surface area (Å²) in [6, 6.07) is 12.4. The molecule has 0 radical (unpaired) electrons. The van der Waals surface area contributed by atoms with Crippen molar-refractivity contribution in [3.8, 4) is 6.07 Å². The molecule has 1 N–H and O–H groups in total. The number of hydrogen-bond acceptors (Lipinski definition) is 3. The first-order chi connectivity index (χ1) is 10.6. The highest BCUT2D eigenvalue weighted by atomic mass is 19.1. The zero-order valence-corrected chi connectivity index (χ0v) is 12.3. The number of aromatic nitrogens is 1. The van der Waals surface area contributed by atoms with E-state index in [0.29, 0.717) is 22.2 Å². The zero-order chi connectivity index (χ0) is 15.7. The van der Waals surface area contributed by atoms with Gasteiger partial charge in [0.2, 0.25) is 0 Å². The van der Waals surface area contributed by atoms with Crippen molar-refractivity contribution >= 4 is 22.3 Å². The van der Waals surface area contributed by atoms with Gasteiger partial charge in [-0.1, -0.05) is 6.07 Å². The van der Waals surface area contributed by atoms with Crippen molar-refractivity contribution in [2.75, 3.05) is 5.32 Å². The van der Waals surface area contributed by atoms with E-state index >= 15 is 0 Å². The molecule has 0 atom stereocenters. The summed E-state index contributed by atoms with van der Waals surface area (Å²) < 4.78 is 13.6. The summed E-state index contributed by atoms with van der Waals surface area (Å²) in [6.07, 6.45) is 1.50. The van der Waals surface area contributed by atoms with Crippen molar-refractivity contribution in [2.24, 2.45) is 0 Å². The van der Waals surface area contributed by atoms with Gasteiger partial charge in [-0.25, -0.2) is 4.39 Å². The lowest BCUT2D eigenvalue weighted by atomic mass is 10.1. The SMILES string of the molecule is Cc1ccc(Nc2c(C#N)cnc3ccc(F)cc23)cc1C. The summed E-state index contributed by atoms with van der Waals surface area (Å²) in [5, 5.41) is 13.1. The maximum atomic E-state index is 13.6. The molecule has 2 aromatic carbocycles. The second kappa shape index (κ2) is 5.45. The van der Waals surface area contributed by atoms with E-state index < -0.39 is 0 Å². The van der Waals surface area contributed by atoms with Crippen LogP contribution >= 0.6 is 0 Å². The van der Waals surface area contributed by atoms with Crippen LogP contribution in [-0.2, 0) is 0 Å². The topological polar surface area (TPSA) is 48.7 Å². The first kappa shape index (κ1) is 14.0. The van der Waals surface area contributed by atoms with Crippen molar-refractivity contribution < 1.29 is 4.39 Å². The molecular formula is C18H14FN3. The number of anilines is 2. The van der Waals surface area contributed by atoms with E-state index in [-0.39, 0.29) is 5.82 Å². The van der Waals surface area contributed by atoms with E-state index in [4.69, 9.17) is 0 Å². The molecule has 0 bridgehead atoms. The number of rotatable bonds is 2. The van der Waals surface area contributed by atoms with E-state index in [2.05, 4.69) is 16.4 Å². The van der Waals surface area contributed by atoms with Gasteiger partial charge >= 0.3 is 0 Å². The molecule has 1 heterocycles. The van der Waals surface area contributed by atoms with E-state index in [1.54, 1.807) is 6.07 Å². The van der Waals surface area contributed by atoms with Gasteiger partial charge in [0.05, 0.1) is 16.8 Å². The fourth-order valence-corrected chi connectivity index (χ4v) is 2.35. The third-order valence-corrected chi connectivity index (χ3v) is 3.73. The minimum atomic E-state index is -0.354. The number of hydrogen-bond donors (Lipinski definition) is 1. The number of pyridine rings is 1. The van der Waals surface area contributed by atoms with Gasteiger partial charge in [0.1, 0.15) is 11.9 Å². The molecule has 0 amide bonds. The predicted octanol–water partition coefficient (Wildman–Crippen LogP) is 4.61. The van der Waals surface area contributed by atoms with Crippen LogP contribution in [0.3, 0.4) is 0 Å². The smallest absolute Gasteiger partial charge is 0.124 e. The van der Waals surface area contributed by atoms with E-state index in [0.717, 1.165) is 11.3 Å². The average molecular weight is 291 g/mol. The van der Waals surface area contributed by atoms with Crippen LogP contribution < -0.4 is 5.32 Å². The highest BCUT2D eigenvalue weighted by Crippen LogP contribution is 2.29. The zero-order valence-electron chi connectivity index (χ0n) is 12.3. The third-order valence-electron chi connectivity index (χ3n) is 3.73. The van der Waals surface area contributed by atoms with Gasteiger partial charge in [-0.15, -0.1) is 0 Å². The Morgan fingerprint density at radius 3 is 2.64 bits per heavy atom. The number of benzene rings is 2. The molecule has 0 saturated carbocycles. The van der Waals surface area contributed by atoms with Gasteiger partial charge in [0, 0.05) is 17.3 Å². The van der Waals surface area contributed by atoms with Crippen LogP contribution in [0.25, 0.3) is 10.9 Å². The van der Waals surface area contributed by atoms with Gasteiger partial charge in [0.25, 0.3) is 0 Å². The van der Waals surface area contributed by atoms with Gasteiger partial charge in [-0.2, -0.15) is 5.26 Å². The largest absolute Gasteiger partial charge is 0.354 e. The number of nitrogens with one attached hydrogen (secondary N) is 1. The summed E-state index contributed by atoms with van der Waals surface area (Å²) in [5.41, 5.74) is 4.81. The lowest BCUT2D eigenvalue weighted by molar-refractivity contribution is 0.629. The Morgan fingerprint density at radius 2 is 1.91 bits per heavy atom. The molecule has 0 aliphatic heterocycles. The Morgan fingerprint density at radius 1 is 1.09 bits per heavy atom. The summed E-state index contributed by atoms with van der Waals surface area (Å²) in [4.78, 5) is 4.20. The number of nitrogens with zero attached hydrogens (tertiary/aromatic N) is 2. The molecule has 22 heavy (non-hydrogen) atoms. The number of aryl methyl sites for hydroxylation is 2. The van der Waals surface area contributed by atoms with Crippen molar-refractivity contribution in [3.63, 3.8) is 0 Å². The Hall–Kier alpha value is -2.93. The second-order valence-corrected chi connectivity index (χ2v) is 5.24. The molecule has 3 rings (SSSR count). The van der Waals surface area contributed by atoms with Crippen molar-refractivity contribution in [1.29, 1.82) is 5.26 Å². The Balaban J connectivity index is 2.17. The van der Waals surface area contributed by atoms with E-state index in [1.165, 1.54) is 23.9 Å². The monoisotopic (exact) mass is 291 g/mol. The normalized spacial score (nSPS) is 10.5. The summed E-state index contributed by atoms with van der Waals surface area (Å²) >= 11 is 0. The second-order valence-electron chi connectivity index (χ2n) is 5.24. The summed E-state index contributed by atoms with van der Waals surface area (Å²) in [5.74, 6) is -0.354. The first-order valence-electron chi connectivity index (χ1n) is 6.91. The quantitative estimate of drug-likeness (QED) is 0.750. The van der Waals surface area contributed by atoms with Crippen LogP contribution in [0.4, 0.5) is 15.8 Å². The third kappa shape index (κ3) is 2.49. The molecule has 0 spiro atoms. The van der Waals surface area contributed by atoms with Gasteiger partial charge in [-0.05, 0) is 55.3 Å². The molecule has 0 fully saturated rings. The molecular weight excluding hydrogens is 277 g/mol. The fourth-order valence-electron chi connectivity index (χ4n) is 2.35. The van der Waals surface area contributed by atoms with Crippen molar-refractivity contribution in [3.05, 3.63) is 65.1 Å². The van der Waals surface area contributed by atoms with Crippen LogP contribution in [0, 0.1) is 31.0 Å². The number of fused-ring (bicyclic) bond motifs is 1. The molecule has 0 aliphatic rings. The van der Waals surface area contributed by atoms with Crippen molar-refractivity contribution in [2.45, 2.75) is 13.8 Å². The van der Waals surface area contributed by atoms with E-state index in [9.17, 15) is 9.65 Å². The van der Waals surface area contributed by atoms with Gasteiger partial charge in [-0.3, -0.25) is 4.98 Å². The molecule has 3 aromatic rings. The van der Waals surface area contributed by atoms with Crippen LogP contribution in [0.1, 0.15) is 16.7 Å². The minimum Gasteiger partial charge on any atom is -0.354 e. The number of halogens is 1. The molecule has 4 heteroatoms. The fraction of sp³-hybridized carbons (Fsp3) is 0.111. The molecule has 0 aliphatic carbocycles. The average Bonchev–Trinajstić information content (AvgIpc) is 2.51. The molecule has 0 unspecified atom stereocenters. The molecule has 1 aromatic heterocycles. The summed E-state index contributed by atoms with van der Waals surface area (Å²) in [7, 11) is 0. The van der Waals surface area contributed by atoms with Gasteiger partial charge < -0.3 is 5.32 Å². The lowest BCUT2D eigenvalue weighted by Gasteiger charge is -2.12.